The summed E-state index contributed by atoms with van der Waals surface area (Å²) in [7, 11) is -2.24. The van der Waals surface area contributed by atoms with Crippen LogP contribution in [-0.2, 0) is 0 Å². The maximum absolute atomic E-state index is 3.43. The summed E-state index contributed by atoms with van der Waals surface area (Å²) in [5.74, 6) is 0. The van der Waals surface area contributed by atoms with Gasteiger partial charge in [0.25, 0.3) is 0 Å². The predicted molar refractivity (Wildman–Crippen MR) is 83.4 cm³/mol. The SMILES string of the molecule is C[Si](C)(C)C#C[Se]CC[Se]C#C[Si](C)(C)C. The molecule has 0 atom stereocenters. The Bertz CT molecular complexity index is 281. The van der Waals surface area contributed by atoms with Gasteiger partial charge in [0, 0.05) is 0 Å². The van der Waals surface area contributed by atoms with Gasteiger partial charge in [-0.15, -0.1) is 0 Å². The summed E-state index contributed by atoms with van der Waals surface area (Å²) >= 11 is 1.09. The molecule has 0 aromatic carbocycles. The second-order valence-electron chi connectivity index (χ2n) is 5.65. The summed E-state index contributed by atoms with van der Waals surface area (Å²) in [4.78, 5) is 6.75. The fraction of sp³-hybridized carbons (Fsp3) is 0.667. The summed E-state index contributed by atoms with van der Waals surface area (Å²) in [6, 6.07) is 0. The first-order chi connectivity index (χ1) is 7.21. The number of rotatable bonds is 3. The van der Waals surface area contributed by atoms with Gasteiger partial charge in [-0.3, -0.25) is 0 Å². The van der Waals surface area contributed by atoms with Crippen LogP contribution >= 0.6 is 0 Å². The van der Waals surface area contributed by atoms with Crippen LogP contribution in [0.1, 0.15) is 0 Å². The van der Waals surface area contributed by atoms with Crippen molar-refractivity contribution in [3.63, 3.8) is 0 Å². The molecule has 0 aliphatic carbocycles. The van der Waals surface area contributed by atoms with Gasteiger partial charge in [0.05, 0.1) is 0 Å². The van der Waals surface area contributed by atoms with Crippen molar-refractivity contribution in [3.8, 4) is 20.7 Å². The Morgan fingerprint density at radius 1 is 0.688 bits per heavy atom. The van der Waals surface area contributed by atoms with Gasteiger partial charge in [0.1, 0.15) is 0 Å². The maximum atomic E-state index is 3.43. The minimum atomic E-state index is -1.12. The van der Waals surface area contributed by atoms with E-state index in [9.17, 15) is 0 Å². The average Bonchev–Trinajstić information content (AvgIpc) is 2.06. The van der Waals surface area contributed by atoms with Gasteiger partial charge < -0.3 is 0 Å². The monoisotopic (exact) mass is 382 g/mol. The topological polar surface area (TPSA) is 0 Å². The summed E-state index contributed by atoms with van der Waals surface area (Å²) in [5.41, 5.74) is 6.86. The Kier molecular flexibility index (Phi) is 8.12. The van der Waals surface area contributed by atoms with E-state index in [-0.39, 0.29) is 0 Å². The summed E-state index contributed by atoms with van der Waals surface area (Å²) < 4.78 is 0. The molecule has 90 valence electrons. The molecule has 0 aliphatic rings. The number of hydrogen-bond donors (Lipinski definition) is 0. The van der Waals surface area contributed by atoms with E-state index in [0.717, 1.165) is 0 Å². The van der Waals surface area contributed by atoms with Crippen molar-refractivity contribution in [2.24, 2.45) is 0 Å². The Morgan fingerprint density at radius 3 is 1.25 bits per heavy atom. The van der Waals surface area contributed by atoms with Crippen LogP contribution in [0.2, 0.25) is 49.9 Å². The molecule has 0 amide bonds. The molecular weight excluding hydrogens is 358 g/mol. The second kappa shape index (κ2) is 7.83. The molecule has 0 aromatic heterocycles. The van der Waals surface area contributed by atoms with Crippen LogP contribution in [0.4, 0.5) is 0 Å². The first-order valence-corrected chi connectivity index (χ1v) is 16.6. The molecule has 0 bridgehead atoms. The van der Waals surface area contributed by atoms with Gasteiger partial charge in [-0.25, -0.2) is 0 Å². The van der Waals surface area contributed by atoms with Crippen LogP contribution in [0, 0.1) is 20.7 Å². The summed E-state index contributed by atoms with van der Waals surface area (Å²) in [6.07, 6.45) is 0. The van der Waals surface area contributed by atoms with Crippen molar-refractivity contribution in [1.29, 1.82) is 0 Å². The van der Waals surface area contributed by atoms with Crippen LogP contribution in [0.5, 0.6) is 0 Å². The summed E-state index contributed by atoms with van der Waals surface area (Å²) in [6.45, 7) is 13.8. The van der Waals surface area contributed by atoms with Crippen molar-refractivity contribution in [1.82, 2.24) is 0 Å². The molecular formula is C12H22Se2Si2. The summed E-state index contributed by atoms with van der Waals surface area (Å²) in [5, 5.41) is 2.59. The van der Waals surface area contributed by atoms with Crippen LogP contribution in [0.3, 0.4) is 0 Å². The molecule has 0 nitrogen and oxygen atoms in total. The van der Waals surface area contributed by atoms with Crippen molar-refractivity contribution >= 4 is 46.1 Å². The van der Waals surface area contributed by atoms with E-state index in [1.165, 1.54) is 10.6 Å². The first-order valence-electron chi connectivity index (χ1n) is 5.49. The molecule has 0 rings (SSSR count). The Balaban J connectivity index is 3.61. The van der Waals surface area contributed by atoms with Crippen molar-refractivity contribution in [3.05, 3.63) is 0 Å². The van der Waals surface area contributed by atoms with Crippen LogP contribution in [0.15, 0.2) is 0 Å². The molecule has 0 spiro atoms. The van der Waals surface area contributed by atoms with E-state index >= 15 is 0 Å². The molecule has 0 aromatic rings. The third kappa shape index (κ3) is 14.6. The molecule has 0 aliphatic heterocycles. The van der Waals surface area contributed by atoms with E-state index in [2.05, 4.69) is 60.0 Å². The molecule has 0 N–H and O–H groups in total. The standard InChI is InChI=1S/C12H22Se2Si2/c1-15(2,3)11-9-13-7-8-14-10-12-16(4,5)6/h7-8H2,1-6H3. The van der Waals surface area contributed by atoms with Crippen LogP contribution in [-0.4, -0.2) is 46.1 Å². The molecule has 0 heterocycles. The van der Waals surface area contributed by atoms with Crippen molar-refractivity contribution in [2.75, 3.05) is 0 Å². The van der Waals surface area contributed by atoms with Gasteiger partial charge in [-0.05, 0) is 0 Å². The fourth-order valence-corrected chi connectivity index (χ4v) is 8.68. The van der Waals surface area contributed by atoms with Gasteiger partial charge >= 0.3 is 117 Å². The van der Waals surface area contributed by atoms with E-state index in [1.54, 1.807) is 0 Å². The third-order valence-corrected chi connectivity index (χ3v) is 7.90. The quantitative estimate of drug-likeness (QED) is 0.401. The molecule has 0 fully saturated rings. The second-order valence-corrected chi connectivity index (χ2v) is 18.9. The molecule has 0 radical (unpaired) electrons. The molecule has 16 heavy (non-hydrogen) atoms. The molecule has 0 saturated carbocycles. The van der Waals surface area contributed by atoms with Gasteiger partial charge in [-0.1, -0.05) is 0 Å². The molecule has 0 unspecified atom stereocenters. The Hall–Kier alpha value is 0.593. The fourth-order valence-electron chi connectivity index (χ4n) is 0.564. The van der Waals surface area contributed by atoms with E-state index < -0.39 is 16.1 Å². The van der Waals surface area contributed by atoms with Crippen molar-refractivity contribution < 1.29 is 0 Å². The van der Waals surface area contributed by atoms with E-state index in [0.29, 0.717) is 29.9 Å². The normalized spacial score (nSPS) is 11.1. The first kappa shape index (κ1) is 16.6. The van der Waals surface area contributed by atoms with E-state index in [1.807, 2.05) is 0 Å². The zero-order valence-corrected chi connectivity index (χ0v) is 16.7. The van der Waals surface area contributed by atoms with Gasteiger partial charge in [0.2, 0.25) is 0 Å². The average molecular weight is 380 g/mol. The van der Waals surface area contributed by atoms with E-state index in [4.69, 9.17) is 0 Å². The minimum absolute atomic E-state index is 0.545. The predicted octanol–water partition coefficient (Wildman–Crippen LogP) is 2.91. The molecule has 4 heteroatoms. The zero-order chi connectivity index (χ0) is 12.7. The van der Waals surface area contributed by atoms with Crippen molar-refractivity contribution in [2.45, 2.75) is 49.9 Å². The van der Waals surface area contributed by atoms with Gasteiger partial charge in [-0.2, -0.15) is 0 Å². The van der Waals surface area contributed by atoms with Crippen LogP contribution in [0.25, 0.3) is 0 Å². The Labute approximate surface area is 116 Å². The van der Waals surface area contributed by atoms with Crippen LogP contribution < -0.4 is 0 Å². The zero-order valence-electron chi connectivity index (χ0n) is 11.2. The third-order valence-electron chi connectivity index (χ3n) is 1.28. The Morgan fingerprint density at radius 2 is 1.00 bits per heavy atom. The number of hydrogen-bond acceptors (Lipinski definition) is 0. The molecule has 0 saturated heterocycles. The van der Waals surface area contributed by atoms with Gasteiger partial charge in [0.15, 0.2) is 0 Å².